The zero-order valence-electron chi connectivity index (χ0n) is 15.1. The molecule has 0 fully saturated rings. The molecule has 0 aliphatic rings. The molecule has 3 aromatic rings. The van der Waals surface area contributed by atoms with E-state index in [0.29, 0.717) is 16.7 Å². The molecule has 0 aliphatic carbocycles. The predicted molar refractivity (Wildman–Crippen MR) is 105 cm³/mol. The summed E-state index contributed by atoms with van der Waals surface area (Å²) in [5.74, 6) is 0.497. The van der Waals surface area contributed by atoms with Crippen LogP contribution >= 0.6 is 11.6 Å². The predicted octanol–water partition coefficient (Wildman–Crippen LogP) is 4.58. The maximum Gasteiger partial charge on any atom is 0.273 e. The molecule has 140 valence electrons. The largest absolute Gasteiger partial charge is 0.387 e. The molecule has 0 radical (unpaired) electrons. The van der Waals surface area contributed by atoms with Crippen molar-refractivity contribution >= 4 is 17.5 Å². The number of amides is 1. The Bertz CT molecular complexity index is 902. The summed E-state index contributed by atoms with van der Waals surface area (Å²) in [6.45, 7) is 4.31. The van der Waals surface area contributed by atoms with E-state index >= 15 is 0 Å². The molecule has 2 N–H and O–H groups in total. The van der Waals surface area contributed by atoms with Crippen LogP contribution in [0, 0.1) is 0 Å². The van der Waals surface area contributed by atoms with E-state index in [1.54, 1.807) is 30.3 Å². The van der Waals surface area contributed by atoms with Crippen LogP contribution in [0.3, 0.4) is 0 Å². The van der Waals surface area contributed by atoms with Gasteiger partial charge in [0.05, 0.1) is 6.10 Å². The molecule has 3 rings (SSSR count). The van der Waals surface area contributed by atoms with Gasteiger partial charge in [-0.1, -0.05) is 54.9 Å². The summed E-state index contributed by atoms with van der Waals surface area (Å²) in [7, 11) is 0. The highest BCUT2D eigenvalue weighted by Crippen LogP contribution is 2.22. The lowest BCUT2D eigenvalue weighted by molar-refractivity contribution is 0.0907. The van der Waals surface area contributed by atoms with E-state index < -0.39 is 12.0 Å². The standard InChI is InChI=1S/C21H21ClN2O3/c1-13(2)14-3-5-15(6-4-14)19(25)12-23-21(26)18-11-20(27-24-18)16-7-9-17(22)10-8-16/h3-11,13,19,25H,12H2,1-2H3,(H,23,26). The van der Waals surface area contributed by atoms with Crippen molar-refractivity contribution in [2.45, 2.75) is 25.9 Å². The Hall–Kier alpha value is -2.63. The zero-order chi connectivity index (χ0) is 19.4. The van der Waals surface area contributed by atoms with Gasteiger partial charge in [0.2, 0.25) is 0 Å². The zero-order valence-corrected chi connectivity index (χ0v) is 15.9. The van der Waals surface area contributed by atoms with Crippen LogP contribution in [0.25, 0.3) is 11.3 Å². The summed E-state index contributed by atoms with van der Waals surface area (Å²) in [4.78, 5) is 12.3. The Morgan fingerprint density at radius 3 is 2.37 bits per heavy atom. The van der Waals surface area contributed by atoms with Crippen molar-refractivity contribution in [2.24, 2.45) is 0 Å². The number of aromatic nitrogens is 1. The minimum absolute atomic E-state index is 0.0863. The topological polar surface area (TPSA) is 75.4 Å². The molecule has 2 aromatic carbocycles. The van der Waals surface area contributed by atoms with Crippen LogP contribution in [0.15, 0.2) is 59.1 Å². The van der Waals surface area contributed by atoms with Crippen molar-refractivity contribution in [3.63, 3.8) is 0 Å². The Morgan fingerprint density at radius 1 is 1.11 bits per heavy atom. The molecule has 5 nitrogen and oxygen atoms in total. The van der Waals surface area contributed by atoms with Crippen molar-refractivity contribution in [2.75, 3.05) is 6.54 Å². The average molecular weight is 385 g/mol. The molecular weight excluding hydrogens is 364 g/mol. The number of halogens is 1. The first kappa shape index (κ1) is 19.1. The molecule has 0 bridgehead atoms. The summed E-state index contributed by atoms with van der Waals surface area (Å²) in [5, 5.41) is 17.4. The van der Waals surface area contributed by atoms with Gasteiger partial charge in [-0.2, -0.15) is 0 Å². The second kappa shape index (κ2) is 8.37. The molecule has 1 unspecified atom stereocenters. The number of nitrogens with zero attached hydrogens (tertiary/aromatic N) is 1. The SMILES string of the molecule is CC(C)c1ccc(C(O)CNC(=O)c2cc(-c3ccc(Cl)cc3)on2)cc1. The van der Waals surface area contributed by atoms with Gasteiger partial charge in [-0.3, -0.25) is 4.79 Å². The van der Waals surface area contributed by atoms with Gasteiger partial charge in [0.15, 0.2) is 11.5 Å². The molecule has 1 atom stereocenters. The first-order chi connectivity index (χ1) is 12.9. The summed E-state index contributed by atoms with van der Waals surface area (Å²) in [5.41, 5.74) is 2.88. The fourth-order valence-corrected chi connectivity index (χ4v) is 2.76. The number of aliphatic hydroxyl groups excluding tert-OH is 1. The van der Waals surface area contributed by atoms with E-state index in [1.807, 2.05) is 24.3 Å². The third-order valence-corrected chi connectivity index (χ3v) is 4.57. The maximum absolute atomic E-state index is 12.3. The third-order valence-electron chi connectivity index (χ3n) is 4.32. The molecule has 1 aromatic heterocycles. The summed E-state index contributed by atoms with van der Waals surface area (Å²) < 4.78 is 5.22. The Balaban J connectivity index is 1.59. The minimum Gasteiger partial charge on any atom is -0.387 e. The highest BCUT2D eigenvalue weighted by atomic mass is 35.5. The van der Waals surface area contributed by atoms with Crippen molar-refractivity contribution in [3.05, 3.63) is 76.4 Å². The molecular formula is C21H21ClN2O3. The van der Waals surface area contributed by atoms with E-state index in [1.165, 1.54) is 5.56 Å². The number of rotatable bonds is 6. The second-order valence-electron chi connectivity index (χ2n) is 6.63. The molecule has 0 saturated heterocycles. The molecule has 0 saturated carbocycles. The van der Waals surface area contributed by atoms with Crippen LogP contribution in [-0.2, 0) is 0 Å². The maximum atomic E-state index is 12.3. The normalized spacial score (nSPS) is 12.2. The van der Waals surface area contributed by atoms with Crippen LogP contribution in [0.2, 0.25) is 5.02 Å². The lowest BCUT2D eigenvalue weighted by Crippen LogP contribution is -2.28. The Labute approximate surface area is 163 Å². The molecule has 27 heavy (non-hydrogen) atoms. The van der Waals surface area contributed by atoms with Crippen LogP contribution in [0.4, 0.5) is 0 Å². The van der Waals surface area contributed by atoms with E-state index in [9.17, 15) is 9.90 Å². The van der Waals surface area contributed by atoms with Crippen LogP contribution in [0.1, 0.15) is 47.5 Å². The smallest absolute Gasteiger partial charge is 0.273 e. The van der Waals surface area contributed by atoms with E-state index in [2.05, 4.69) is 24.3 Å². The van der Waals surface area contributed by atoms with Gasteiger partial charge in [-0.25, -0.2) is 0 Å². The molecule has 0 aliphatic heterocycles. The first-order valence-corrected chi connectivity index (χ1v) is 9.10. The Kier molecular flexibility index (Phi) is 5.94. The summed E-state index contributed by atoms with van der Waals surface area (Å²) in [6, 6.07) is 16.3. The number of hydrogen-bond acceptors (Lipinski definition) is 4. The second-order valence-corrected chi connectivity index (χ2v) is 7.07. The Morgan fingerprint density at radius 2 is 1.74 bits per heavy atom. The fourth-order valence-electron chi connectivity index (χ4n) is 2.63. The lowest BCUT2D eigenvalue weighted by atomic mass is 10.00. The molecule has 1 heterocycles. The molecule has 1 amide bonds. The van der Waals surface area contributed by atoms with Gasteiger partial charge in [-0.15, -0.1) is 0 Å². The van der Waals surface area contributed by atoms with Crippen molar-refractivity contribution < 1.29 is 14.4 Å². The van der Waals surface area contributed by atoms with Crippen LogP contribution in [-0.4, -0.2) is 22.7 Å². The molecule has 0 spiro atoms. The highest BCUT2D eigenvalue weighted by molar-refractivity contribution is 6.30. The van der Waals surface area contributed by atoms with Gasteiger partial charge < -0.3 is 14.9 Å². The van der Waals surface area contributed by atoms with Gasteiger partial charge in [0.25, 0.3) is 5.91 Å². The van der Waals surface area contributed by atoms with Crippen molar-refractivity contribution in [1.29, 1.82) is 0 Å². The van der Waals surface area contributed by atoms with E-state index in [0.717, 1.165) is 11.1 Å². The van der Waals surface area contributed by atoms with Crippen LogP contribution < -0.4 is 5.32 Å². The third kappa shape index (κ3) is 4.76. The lowest BCUT2D eigenvalue weighted by Gasteiger charge is -2.13. The van der Waals surface area contributed by atoms with Gasteiger partial charge in [0.1, 0.15) is 0 Å². The number of carbonyl (C=O) groups excluding carboxylic acids is 1. The van der Waals surface area contributed by atoms with Crippen molar-refractivity contribution in [1.82, 2.24) is 10.5 Å². The van der Waals surface area contributed by atoms with Crippen LogP contribution in [0.5, 0.6) is 0 Å². The van der Waals surface area contributed by atoms with E-state index in [4.69, 9.17) is 16.1 Å². The number of benzene rings is 2. The number of nitrogens with one attached hydrogen (secondary N) is 1. The van der Waals surface area contributed by atoms with Gasteiger partial charge in [0, 0.05) is 23.2 Å². The monoisotopic (exact) mass is 384 g/mol. The first-order valence-electron chi connectivity index (χ1n) is 8.73. The number of hydrogen-bond donors (Lipinski definition) is 2. The average Bonchev–Trinajstić information content (AvgIpc) is 3.16. The molecule has 6 heteroatoms. The minimum atomic E-state index is -0.794. The number of aliphatic hydroxyl groups is 1. The summed E-state index contributed by atoms with van der Waals surface area (Å²) >= 11 is 5.87. The summed E-state index contributed by atoms with van der Waals surface area (Å²) in [6.07, 6.45) is -0.794. The van der Waals surface area contributed by atoms with Gasteiger partial charge in [-0.05, 0) is 41.3 Å². The van der Waals surface area contributed by atoms with Crippen molar-refractivity contribution in [3.8, 4) is 11.3 Å². The fraction of sp³-hybridized carbons (Fsp3) is 0.238. The van der Waals surface area contributed by atoms with E-state index in [-0.39, 0.29) is 12.2 Å². The number of carbonyl (C=O) groups is 1. The highest BCUT2D eigenvalue weighted by Gasteiger charge is 2.16. The van der Waals surface area contributed by atoms with Gasteiger partial charge >= 0.3 is 0 Å². The quantitative estimate of drug-likeness (QED) is 0.652.